The number of benzene rings is 1. The number of carbonyl (C=O) groups is 1. The van der Waals surface area contributed by atoms with Crippen molar-refractivity contribution in [1.29, 1.82) is 0 Å². The third-order valence-corrected chi connectivity index (χ3v) is 3.15. The number of pyridine rings is 1. The lowest BCUT2D eigenvalue weighted by Gasteiger charge is -2.11. The Morgan fingerprint density at radius 1 is 1.14 bits per heavy atom. The van der Waals surface area contributed by atoms with E-state index in [1.54, 1.807) is 0 Å². The van der Waals surface area contributed by atoms with Crippen molar-refractivity contribution in [2.75, 3.05) is 0 Å². The molecule has 0 spiro atoms. The Morgan fingerprint density at radius 3 is 2.33 bits per heavy atom. The zero-order valence-corrected chi connectivity index (χ0v) is 11.6. The molecule has 0 bridgehead atoms. The van der Waals surface area contributed by atoms with Gasteiger partial charge >= 0.3 is 12.1 Å². The van der Waals surface area contributed by atoms with Gasteiger partial charge in [-0.15, -0.1) is 0 Å². The number of hydrogen-bond acceptors (Lipinski definition) is 2. The summed E-state index contributed by atoms with van der Waals surface area (Å²) in [6.45, 7) is 0. The molecule has 0 aliphatic carbocycles. The van der Waals surface area contributed by atoms with Gasteiger partial charge in [-0.05, 0) is 30.3 Å². The van der Waals surface area contributed by atoms with Gasteiger partial charge in [0, 0.05) is 10.6 Å². The zero-order chi connectivity index (χ0) is 15.8. The molecular formula is C13H6Cl2F3NO2. The van der Waals surface area contributed by atoms with Gasteiger partial charge in [0.25, 0.3) is 0 Å². The van der Waals surface area contributed by atoms with Crippen LogP contribution in [0.1, 0.15) is 16.1 Å². The van der Waals surface area contributed by atoms with Crippen LogP contribution in [0.4, 0.5) is 13.2 Å². The topological polar surface area (TPSA) is 50.2 Å². The zero-order valence-electron chi connectivity index (χ0n) is 10.1. The SMILES string of the molecule is O=C(O)c1ccc(C(F)(F)F)nc1-c1ccc(Cl)cc1Cl. The van der Waals surface area contributed by atoms with Crippen LogP contribution < -0.4 is 0 Å². The first-order valence-electron chi connectivity index (χ1n) is 5.47. The minimum atomic E-state index is -4.69. The molecule has 1 aromatic carbocycles. The standard InChI is InChI=1S/C13H6Cl2F3NO2/c14-6-1-2-7(9(15)5-6)11-8(12(20)21)3-4-10(19-11)13(16,17)18/h1-5H,(H,20,21). The number of alkyl halides is 3. The van der Waals surface area contributed by atoms with Crippen LogP contribution in [-0.4, -0.2) is 16.1 Å². The maximum atomic E-state index is 12.7. The fourth-order valence-corrected chi connectivity index (χ4v) is 2.17. The lowest BCUT2D eigenvalue weighted by Crippen LogP contribution is -2.11. The molecule has 0 radical (unpaired) electrons. The molecule has 3 nitrogen and oxygen atoms in total. The van der Waals surface area contributed by atoms with E-state index in [0.29, 0.717) is 6.07 Å². The second-order valence-electron chi connectivity index (χ2n) is 4.02. The number of aromatic nitrogens is 1. The van der Waals surface area contributed by atoms with Crippen molar-refractivity contribution in [2.24, 2.45) is 0 Å². The molecule has 0 saturated heterocycles. The Balaban J connectivity index is 2.72. The predicted octanol–water partition coefficient (Wildman–Crippen LogP) is 4.77. The van der Waals surface area contributed by atoms with E-state index in [-0.39, 0.29) is 26.9 Å². The maximum Gasteiger partial charge on any atom is 0.433 e. The molecule has 0 aliphatic rings. The van der Waals surface area contributed by atoms with Crippen LogP contribution in [0.5, 0.6) is 0 Å². The van der Waals surface area contributed by atoms with Crippen molar-refractivity contribution in [2.45, 2.75) is 6.18 Å². The molecule has 0 aliphatic heterocycles. The highest BCUT2D eigenvalue weighted by atomic mass is 35.5. The summed E-state index contributed by atoms with van der Waals surface area (Å²) in [6.07, 6.45) is -4.69. The van der Waals surface area contributed by atoms with Crippen LogP contribution in [0.15, 0.2) is 30.3 Å². The number of aromatic carboxylic acids is 1. The van der Waals surface area contributed by atoms with Crippen LogP contribution in [0, 0.1) is 0 Å². The number of carboxylic acid groups (broad SMARTS) is 1. The highest BCUT2D eigenvalue weighted by Crippen LogP contribution is 2.34. The molecule has 0 atom stereocenters. The first-order chi connectivity index (χ1) is 9.70. The summed E-state index contributed by atoms with van der Waals surface area (Å²) in [6, 6.07) is 5.46. The van der Waals surface area contributed by atoms with Crippen molar-refractivity contribution in [3.05, 3.63) is 51.6 Å². The molecule has 2 aromatic rings. The van der Waals surface area contributed by atoms with Crippen molar-refractivity contribution in [1.82, 2.24) is 4.98 Å². The van der Waals surface area contributed by atoms with Crippen molar-refractivity contribution in [3.8, 4) is 11.3 Å². The van der Waals surface area contributed by atoms with Gasteiger partial charge in [-0.3, -0.25) is 0 Å². The highest BCUT2D eigenvalue weighted by Gasteiger charge is 2.33. The van der Waals surface area contributed by atoms with Gasteiger partial charge in [-0.2, -0.15) is 13.2 Å². The van der Waals surface area contributed by atoms with E-state index in [1.807, 2.05) is 0 Å². The van der Waals surface area contributed by atoms with Gasteiger partial charge in [0.15, 0.2) is 0 Å². The van der Waals surface area contributed by atoms with Crippen LogP contribution in [0.2, 0.25) is 10.0 Å². The molecule has 110 valence electrons. The Morgan fingerprint density at radius 2 is 1.81 bits per heavy atom. The number of carboxylic acids is 1. The largest absolute Gasteiger partial charge is 0.478 e. The summed E-state index contributed by atoms with van der Waals surface area (Å²) in [5, 5.41) is 9.36. The van der Waals surface area contributed by atoms with Crippen molar-refractivity contribution in [3.63, 3.8) is 0 Å². The number of nitrogens with zero attached hydrogens (tertiary/aromatic N) is 1. The van der Waals surface area contributed by atoms with E-state index < -0.39 is 17.8 Å². The van der Waals surface area contributed by atoms with Crippen molar-refractivity contribution >= 4 is 29.2 Å². The summed E-state index contributed by atoms with van der Waals surface area (Å²) in [5.74, 6) is -1.41. The highest BCUT2D eigenvalue weighted by molar-refractivity contribution is 6.36. The third kappa shape index (κ3) is 3.28. The van der Waals surface area contributed by atoms with Crippen LogP contribution in [0.3, 0.4) is 0 Å². The predicted molar refractivity (Wildman–Crippen MR) is 71.7 cm³/mol. The van der Waals surface area contributed by atoms with Crippen LogP contribution in [0.25, 0.3) is 11.3 Å². The normalized spacial score (nSPS) is 11.5. The summed E-state index contributed by atoms with van der Waals surface area (Å²) in [4.78, 5) is 14.5. The van der Waals surface area contributed by atoms with Gasteiger partial charge < -0.3 is 5.11 Å². The van der Waals surface area contributed by atoms with E-state index in [2.05, 4.69) is 4.98 Å². The molecule has 0 saturated carbocycles. The summed E-state index contributed by atoms with van der Waals surface area (Å²) in [7, 11) is 0. The van der Waals surface area contributed by atoms with E-state index in [4.69, 9.17) is 28.3 Å². The summed E-state index contributed by atoms with van der Waals surface area (Å²) < 4.78 is 38.2. The Kier molecular flexibility index (Phi) is 4.11. The molecule has 1 heterocycles. The molecule has 0 amide bonds. The van der Waals surface area contributed by atoms with E-state index >= 15 is 0 Å². The molecular weight excluding hydrogens is 330 g/mol. The monoisotopic (exact) mass is 335 g/mol. The Labute approximate surface area is 126 Å². The van der Waals surface area contributed by atoms with Crippen LogP contribution in [-0.2, 0) is 6.18 Å². The minimum absolute atomic E-state index is 0.0109. The average molecular weight is 336 g/mol. The van der Waals surface area contributed by atoms with Gasteiger partial charge in [0.05, 0.1) is 16.3 Å². The summed E-state index contributed by atoms with van der Waals surface area (Å²) in [5.41, 5.74) is -1.88. The van der Waals surface area contributed by atoms with Crippen molar-refractivity contribution < 1.29 is 23.1 Å². The quantitative estimate of drug-likeness (QED) is 0.859. The van der Waals surface area contributed by atoms with Gasteiger partial charge in [-0.1, -0.05) is 23.2 Å². The van der Waals surface area contributed by atoms with E-state index in [9.17, 15) is 18.0 Å². The lowest BCUT2D eigenvalue weighted by molar-refractivity contribution is -0.141. The second-order valence-corrected chi connectivity index (χ2v) is 4.86. The molecule has 1 N–H and O–H groups in total. The number of rotatable bonds is 2. The molecule has 8 heteroatoms. The summed E-state index contributed by atoms with van der Waals surface area (Å²) >= 11 is 11.6. The van der Waals surface area contributed by atoms with Gasteiger partial charge in [0.1, 0.15) is 5.69 Å². The lowest BCUT2D eigenvalue weighted by atomic mass is 10.0. The first-order valence-corrected chi connectivity index (χ1v) is 6.22. The van der Waals surface area contributed by atoms with Gasteiger partial charge in [0.2, 0.25) is 0 Å². The van der Waals surface area contributed by atoms with E-state index in [1.165, 1.54) is 18.2 Å². The molecule has 0 unspecified atom stereocenters. The Bertz CT molecular complexity index is 717. The molecule has 0 fully saturated rings. The fourth-order valence-electron chi connectivity index (χ4n) is 1.68. The van der Waals surface area contributed by atoms with Gasteiger partial charge in [-0.25, -0.2) is 9.78 Å². The first kappa shape index (κ1) is 15.6. The minimum Gasteiger partial charge on any atom is -0.478 e. The smallest absolute Gasteiger partial charge is 0.433 e. The molecule has 21 heavy (non-hydrogen) atoms. The number of hydrogen-bond donors (Lipinski definition) is 1. The number of halogens is 5. The second kappa shape index (κ2) is 5.54. The molecule has 1 aromatic heterocycles. The van der Waals surface area contributed by atoms with Crippen LogP contribution >= 0.6 is 23.2 Å². The fraction of sp³-hybridized carbons (Fsp3) is 0.0769. The van der Waals surface area contributed by atoms with E-state index in [0.717, 1.165) is 6.07 Å². The Hall–Kier alpha value is -1.79. The third-order valence-electron chi connectivity index (χ3n) is 2.60. The molecule has 2 rings (SSSR count). The maximum absolute atomic E-state index is 12.7. The average Bonchev–Trinajstić information content (AvgIpc) is 2.37.